The van der Waals surface area contributed by atoms with E-state index < -0.39 is 0 Å². The average molecular weight is 284 g/mol. The second-order valence-corrected chi connectivity index (χ2v) is 4.62. The fourth-order valence-electron chi connectivity index (χ4n) is 2.49. The summed E-state index contributed by atoms with van der Waals surface area (Å²) in [7, 11) is 1.57. The van der Waals surface area contributed by atoms with Crippen LogP contribution in [0.3, 0.4) is 0 Å². The summed E-state index contributed by atoms with van der Waals surface area (Å²) in [5, 5.41) is 6.06. The Morgan fingerprint density at radius 2 is 2.24 bits per heavy atom. The van der Waals surface area contributed by atoms with E-state index in [9.17, 15) is 4.79 Å². The normalized spacial score (nSPS) is 12.8. The second-order valence-electron chi connectivity index (χ2n) is 4.62. The quantitative estimate of drug-likeness (QED) is 0.895. The zero-order chi connectivity index (χ0) is 14.8. The number of carbonyl (C=O) groups is 1. The van der Waals surface area contributed by atoms with Crippen molar-refractivity contribution in [2.75, 3.05) is 19.0 Å². The summed E-state index contributed by atoms with van der Waals surface area (Å²) in [6, 6.07) is 5.61. The minimum absolute atomic E-state index is 0.117. The van der Waals surface area contributed by atoms with Crippen molar-refractivity contribution in [3.05, 3.63) is 35.7 Å². The minimum atomic E-state index is -0.117. The van der Waals surface area contributed by atoms with Gasteiger partial charge in [-0.1, -0.05) is 6.07 Å². The zero-order valence-corrected chi connectivity index (χ0v) is 11.9. The Bertz CT molecular complexity index is 686. The van der Waals surface area contributed by atoms with Crippen molar-refractivity contribution in [1.29, 1.82) is 0 Å². The van der Waals surface area contributed by atoms with Crippen LogP contribution in [-0.2, 0) is 6.54 Å². The van der Waals surface area contributed by atoms with Gasteiger partial charge < -0.3 is 15.4 Å². The Hall–Kier alpha value is -2.63. The van der Waals surface area contributed by atoms with Crippen molar-refractivity contribution in [2.45, 2.75) is 13.5 Å². The fourth-order valence-corrected chi connectivity index (χ4v) is 2.49. The number of carbonyl (C=O) groups excluding carboxylic acids is 1. The molecule has 0 aromatic carbocycles. The second kappa shape index (κ2) is 5.40. The number of hydrogen-bond acceptors (Lipinski definition) is 5. The van der Waals surface area contributed by atoms with Crippen LogP contribution in [0.1, 0.15) is 23.0 Å². The molecule has 0 aliphatic carbocycles. The third-order valence-electron chi connectivity index (χ3n) is 3.35. The van der Waals surface area contributed by atoms with E-state index in [1.807, 2.05) is 25.1 Å². The lowest BCUT2D eigenvalue weighted by Crippen LogP contribution is -2.15. The largest absolute Gasteiger partial charge is 0.480 e. The number of amides is 1. The smallest absolute Gasteiger partial charge is 0.255 e. The average Bonchev–Trinajstić information content (AvgIpc) is 2.89. The van der Waals surface area contributed by atoms with Crippen molar-refractivity contribution in [3.63, 3.8) is 0 Å². The first-order valence-corrected chi connectivity index (χ1v) is 6.80. The Morgan fingerprint density at radius 3 is 2.90 bits per heavy atom. The number of nitrogens with one attached hydrogen (secondary N) is 2. The Morgan fingerprint density at radius 1 is 1.38 bits per heavy atom. The number of ether oxygens (including phenoxy) is 1. The van der Waals surface area contributed by atoms with Crippen molar-refractivity contribution in [2.24, 2.45) is 0 Å². The highest BCUT2D eigenvalue weighted by molar-refractivity contribution is 6.06. The molecule has 3 rings (SSSR count). The number of anilines is 1. The molecule has 0 saturated heterocycles. The first-order valence-electron chi connectivity index (χ1n) is 6.80. The summed E-state index contributed by atoms with van der Waals surface area (Å²) in [5.41, 5.74) is 3.45. The first kappa shape index (κ1) is 13.4. The van der Waals surface area contributed by atoms with E-state index in [2.05, 4.69) is 20.6 Å². The van der Waals surface area contributed by atoms with Crippen LogP contribution in [0.15, 0.2) is 24.4 Å². The van der Waals surface area contributed by atoms with E-state index in [0.717, 1.165) is 16.9 Å². The van der Waals surface area contributed by atoms with Crippen LogP contribution in [0.5, 0.6) is 5.88 Å². The predicted molar refractivity (Wildman–Crippen MR) is 79.4 cm³/mol. The Labute approximate surface area is 122 Å². The van der Waals surface area contributed by atoms with Gasteiger partial charge in [-0.15, -0.1) is 0 Å². The number of methoxy groups -OCH3 is 1. The summed E-state index contributed by atoms with van der Waals surface area (Å²) in [6.45, 7) is 3.09. The van der Waals surface area contributed by atoms with Crippen LogP contribution in [0.2, 0.25) is 0 Å². The maximum absolute atomic E-state index is 12.1. The van der Waals surface area contributed by atoms with Gasteiger partial charge in [0.15, 0.2) is 0 Å². The van der Waals surface area contributed by atoms with Crippen molar-refractivity contribution < 1.29 is 9.53 Å². The molecule has 2 N–H and O–H groups in total. The molecule has 21 heavy (non-hydrogen) atoms. The zero-order valence-electron chi connectivity index (χ0n) is 11.9. The van der Waals surface area contributed by atoms with Crippen molar-refractivity contribution in [1.82, 2.24) is 15.3 Å². The highest BCUT2D eigenvalue weighted by Crippen LogP contribution is 2.39. The summed E-state index contributed by atoms with van der Waals surface area (Å²) >= 11 is 0. The van der Waals surface area contributed by atoms with Gasteiger partial charge in [-0.3, -0.25) is 9.78 Å². The van der Waals surface area contributed by atoms with Crippen LogP contribution < -0.4 is 15.4 Å². The van der Waals surface area contributed by atoms with Crippen LogP contribution >= 0.6 is 0 Å². The van der Waals surface area contributed by atoms with Crippen LogP contribution in [-0.4, -0.2) is 29.5 Å². The molecule has 0 radical (unpaired) electrons. The van der Waals surface area contributed by atoms with E-state index in [0.29, 0.717) is 30.2 Å². The molecule has 2 aromatic rings. The van der Waals surface area contributed by atoms with E-state index >= 15 is 0 Å². The molecule has 0 unspecified atom stereocenters. The van der Waals surface area contributed by atoms with E-state index in [-0.39, 0.29) is 5.91 Å². The fraction of sp³-hybridized carbons (Fsp3) is 0.267. The lowest BCUT2D eigenvalue weighted by Gasteiger charge is -2.16. The van der Waals surface area contributed by atoms with Gasteiger partial charge in [-0.05, 0) is 19.1 Å². The summed E-state index contributed by atoms with van der Waals surface area (Å²) in [5.74, 6) is 0.355. The Balaban J connectivity index is 2.31. The van der Waals surface area contributed by atoms with Crippen LogP contribution in [0, 0.1) is 0 Å². The summed E-state index contributed by atoms with van der Waals surface area (Å²) < 4.78 is 5.42. The van der Waals surface area contributed by atoms with Gasteiger partial charge in [-0.25, -0.2) is 4.98 Å². The summed E-state index contributed by atoms with van der Waals surface area (Å²) in [6.07, 6.45) is 1.71. The molecule has 6 heteroatoms. The highest BCUT2D eigenvalue weighted by atomic mass is 16.5. The number of nitrogens with zero attached hydrogens (tertiary/aromatic N) is 2. The monoisotopic (exact) mass is 284 g/mol. The number of fused-ring (bicyclic) bond motifs is 1. The number of hydrogen-bond donors (Lipinski definition) is 2. The van der Waals surface area contributed by atoms with Gasteiger partial charge in [-0.2, -0.15) is 0 Å². The molecule has 0 spiro atoms. The van der Waals surface area contributed by atoms with Crippen molar-refractivity contribution in [3.8, 4) is 17.1 Å². The summed E-state index contributed by atoms with van der Waals surface area (Å²) in [4.78, 5) is 20.9. The standard InChI is InChI=1S/C15H16N4O2/c1-3-16-13-11-10(8-18-14(11)20)19-15(21-2)12(13)9-6-4-5-7-17-9/h4-7H,3,8H2,1-2H3,(H,16,19)(H,18,20). The maximum atomic E-state index is 12.1. The molecule has 0 fully saturated rings. The first-order chi connectivity index (χ1) is 10.3. The molecule has 2 aromatic heterocycles. The predicted octanol–water partition coefficient (Wildman–Crippen LogP) is 1.83. The molecule has 0 saturated carbocycles. The number of aromatic nitrogens is 2. The Kier molecular flexibility index (Phi) is 3.43. The van der Waals surface area contributed by atoms with Crippen molar-refractivity contribution >= 4 is 11.6 Å². The number of pyridine rings is 2. The topological polar surface area (TPSA) is 76.1 Å². The van der Waals surface area contributed by atoms with E-state index in [1.54, 1.807) is 13.3 Å². The molecular weight excluding hydrogens is 268 g/mol. The molecule has 0 atom stereocenters. The van der Waals surface area contributed by atoms with E-state index in [4.69, 9.17) is 4.74 Å². The third kappa shape index (κ3) is 2.18. The van der Waals surface area contributed by atoms with Gasteiger partial charge in [0.1, 0.15) is 0 Å². The van der Waals surface area contributed by atoms with Gasteiger partial charge in [0.25, 0.3) is 5.91 Å². The van der Waals surface area contributed by atoms with Crippen LogP contribution in [0.4, 0.5) is 5.69 Å². The molecule has 1 aliphatic rings. The molecular formula is C15H16N4O2. The van der Waals surface area contributed by atoms with Gasteiger partial charge in [0.05, 0.1) is 41.9 Å². The molecule has 1 aliphatic heterocycles. The van der Waals surface area contributed by atoms with Gasteiger partial charge >= 0.3 is 0 Å². The highest BCUT2D eigenvalue weighted by Gasteiger charge is 2.29. The van der Waals surface area contributed by atoms with Crippen LogP contribution in [0.25, 0.3) is 11.3 Å². The molecule has 108 valence electrons. The SMILES string of the molecule is CCNc1c2c(nc(OC)c1-c1ccccn1)CNC2=O. The minimum Gasteiger partial charge on any atom is -0.480 e. The number of rotatable bonds is 4. The molecule has 0 bridgehead atoms. The molecule has 6 nitrogen and oxygen atoms in total. The van der Waals surface area contributed by atoms with Gasteiger partial charge in [0, 0.05) is 12.7 Å². The molecule has 1 amide bonds. The lowest BCUT2D eigenvalue weighted by molar-refractivity contribution is 0.0966. The maximum Gasteiger partial charge on any atom is 0.255 e. The van der Waals surface area contributed by atoms with E-state index in [1.165, 1.54) is 0 Å². The third-order valence-corrected chi connectivity index (χ3v) is 3.35. The van der Waals surface area contributed by atoms with Gasteiger partial charge in [0.2, 0.25) is 5.88 Å². The lowest BCUT2D eigenvalue weighted by atomic mass is 10.0. The molecule has 3 heterocycles.